The molecule has 1 unspecified atom stereocenters. The summed E-state index contributed by atoms with van der Waals surface area (Å²) in [6.45, 7) is 4.24. The van der Waals surface area contributed by atoms with Crippen molar-refractivity contribution in [1.82, 2.24) is 9.36 Å². The van der Waals surface area contributed by atoms with Gasteiger partial charge in [0.15, 0.2) is 0 Å². The number of carboxylic acids is 1. The molecule has 0 aliphatic carbocycles. The molecule has 1 aromatic heterocycles. The third-order valence-electron chi connectivity index (χ3n) is 3.93. The van der Waals surface area contributed by atoms with Gasteiger partial charge in [0.05, 0.1) is 5.41 Å². The molecule has 0 radical (unpaired) electrons. The van der Waals surface area contributed by atoms with Crippen LogP contribution in [0.25, 0.3) is 0 Å². The van der Waals surface area contributed by atoms with Crippen molar-refractivity contribution in [2.24, 2.45) is 11.3 Å². The second kappa shape index (κ2) is 5.43. The second-order valence-electron chi connectivity index (χ2n) is 5.71. The van der Waals surface area contributed by atoms with Crippen LogP contribution in [0.3, 0.4) is 0 Å². The van der Waals surface area contributed by atoms with Crippen LogP contribution < -0.4 is 4.90 Å². The average molecular weight is 323 g/mol. The minimum atomic E-state index is -4.55. The summed E-state index contributed by atoms with van der Waals surface area (Å²) in [6.07, 6.45) is -3.09. The maximum atomic E-state index is 12.5. The molecule has 1 aliphatic heterocycles. The molecule has 1 aliphatic rings. The van der Waals surface area contributed by atoms with Crippen LogP contribution in [-0.4, -0.2) is 33.5 Å². The van der Waals surface area contributed by atoms with Crippen molar-refractivity contribution in [3.05, 3.63) is 5.82 Å². The Balaban J connectivity index is 2.15. The normalized spacial score (nSPS) is 20.6. The zero-order chi connectivity index (χ0) is 15.8. The number of anilines is 1. The van der Waals surface area contributed by atoms with Crippen LogP contribution in [-0.2, 0) is 11.0 Å². The van der Waals surface area contributed by atoms with Gasteiger partial charge in [0.25, 0.3) is 0 Å². The summed E-state index contributed by atoms with van der Waals surface area (Å²) >= 11 is 0.701. The third-order valence-corrected chi connectivity index (χ3v) is 4.71. The highest BCUT2D eigenvalue weighted by atomic mass is 32.1. The first kappa shape index (κ1) is 16.0. The first-order valence-corrected chi connectivity index (χ1v) is 7.29. The van der Waals surface area contributed by atoms with Gasteiger partial charge in [-0.05, 0) is 32.6 Å². The van der Waals surface area contributed by atoms with Gasteiger partial charge < -0.3 is 10.0 Å². The third kappa shape index (κ3) is 3.28. The quantitative estimate of drug-likeness (QED) is 0.926. The van der Waals surface area contributed by atoms with Gasteiger partial charge in [-0.3, -0.25) is 4.79 Å². The maximum Gasteiger partial charge on any atom is 0.452 e. The van der Waals surface area contributed by atoms with Crippen molar-refractivity contribution in [2.75, 3.05) is 18.0 Å². The lowest BCUT2D eigenvalue weighted by Gasteiger charge is -2.38. The summed E-state index contributed by atoms with van der Waals surface area (Å²) in [6, 6.07) is 0. The van der Waals surface area contributed by atoms with Crippen molar-refractivity contribution in [3.8, 4) is 0 Å². The number of alkyl halides is 3. The summed E-state index contributed by atoms with van der Waals surface area (Å²) in [5, 5.41) is 9.47. The highest BCUT2D eigenvalue weighted by Crippen LogP contribution is 2.37. The molecule has 1 saturated heterocycles. The standard InChI is InChI=1S/C12H16F3N3O2S/c1-11(2,9(19)20)7-4-3-5-18(6-7)10-16-8(17-21-10)12(13,14)15/h7H,3-6H2,1-2H3,(H,19,20). The molecular formula is C12H16F3N3O2S. The number of rotatable bonds is 3. The van der Waals surface area contributed by atoms with Gasteiger partial charge >= 0.3 is 12.1 Å². The maximum absolute atomic E-state index is 12.5. The van der Waals surface area contributed by atoms with E-state index in [1.807, 2.05) is 0 Å². The van der Waals surface area contributed by atoms with E-state index < -0.39 is 23.4 Å². The number of carbonyl (C=O) groups is 1. The molecule has 2 heterocycles. The molecule has 9 heteroatoms. The van der Waals surface area contributed by atoms with Gasteiger partial charge in [0.1, 0.15) is 0 Å². The molecule has 0 spiro atoms. The molecule has 1 atom stereocenters. The van der Waals surface area contributed by atoms with Crippen LogP contribution in [0.5, 0.6) is 0 Å². The van der Waals surface area contributed by atoms with E-state index in [-0.39, 0.29) is 11.0 Å². The Kier molecular flexibility index (Phi) is 4.14. The number of aromatic nitrogens is 2. The predicted molar refractivity (Wildman–Crippen MR) is 71.3 cm³/mol. The van der Waals surface area contributed by atoms with Gasteiger partial charge in [-0.2, -0.15) is 22.5 Å². The minimum Gasteiger partial charge on any atom is -0.481 e. The molecule has 21 heavy (non-hydrogen) atoms. The number of hydrogen-bond acceptors (Lipinski definition) is 5. The fraction of sp³-hybridized carbons (Fsp3) is 0.750. The molecule has 1 aromatic rings. The monoisotopic (exact) mass is 323 g/mol. The fourth-order valence-corrected chi connectivity index (χ4v) is 3.09. The Morgan fingerprint density at radius 1 is 1.43 bits per heavy atom. The zero-order valence-corrected chi connectivity index (χ0v) is 12.5. The lowest BCUT2D eigenvalue weighted by molar-refractivity contribution is -0.150. The molecule has 0 bridgehead atoms. The van der Waals surface area contributed by atoms with Crippen molar-refractivity contribution in [3.63, 3.8) is 0 Å². The number of halogens is 3. The molecule has 5 nitrogen and oxygen atoms in total. The molecule has 0 saturated carbocycles. The Bertz CT molecular complexity index is 530. The van der Waals surface area contributed by atoms with Gasteiger partial charge in [-0.1, -0.05) is 0 Å². The van der Waals surface area contributed by atoms with Crippen molar-refractivity contribution in [1.29, 1.82) is 0 Å². The lowest BCUT2D eigenvalue weighted by Crippen LogP contribution is -2.44. The van der Waals surface area contributed by atoms with E-state index in [1.165, 1.54) is 0 Å². The number of carboxylic acid groups (broad SMARTS) is 1. The number of nitrogens with zero attached hydrogens (tertiary/aromatic N) is 3. The van der Waals surface area contributed by atoms with Crippen LogP contribution in [0, 0.1) is 11.3 Å². The largest absolute Gasteiger partial charge is 0.481 e. The Morgan fingerprint density at radius 3 is 2.62 bits per heavy atom. The fourth-order valence-electron chi connectivity index (χ4n) is 2.37. The molecule has 1 fully saturated rings. The number of piperidine rings is 1. The lowest BCUT2D eigenvalue weighted by atomic mass is 9.75. The predicted octanol–water partition coefficient (Wildman–Crippen LogP) is 2.88. The Morgan fingerprint density at radius 2 is 2.10 bits per heavy atom. The van der Waals surface area contributed by atoms with E-state index in [2.05, 4.69) is 9.36 Å². The van der Waals surface area contributed by atoms with Crippen molar-refractivity contribution < 1.29 is 23.1 Å². The Labute approximate surface area is 124 Å². The van der Waals surface area contributed by atoms with Crippen molar-refractivity contribution >= 4 is 22.6 Å². The van der Waals surface area contributed by atoms with Gasteiger partial charge in [0.2, 0.25) is 11.0 Å². The molecule has 0 aromatic carbocycles. The van der Waals surface area contributed by atoms with Crippen LogP contribution in [0.4, 0.5) is 18.3 Å². The first-order valence-electron chi connectivity index (χ1n) is 6.51. The first-order chi connectivity index (χ1) is 9.62. The summed E-state index contributed by atoms with van der Waals surface area (Å²) in [5.41, 5.74) is -0.920. The molecule has 0 amide bonds. The van der Waals surface area contributed by atoms with Crippen molar-refractivity contribution in [2.45, 2.75) is 32.9 Å². The van der Waals surface area contributed by atoms with E-state index >= 15 is 0 Å². The van der Waals surface area contributed by atoms with E-state index in [4.69, 9.17) is 0 Å². The molecule has 118 valence electrons. The highest BCUT2D eigenvalue weighted by molar-refractivity contribution is 7.09. The van der Waals surface area contributed by atoms with E-state index in [0.717, 1.165) is 12.8 Å². The Hall–Kier alpha value is -1.38. The molecular weight excluding hydrogens is 307 g/mol. The van der Waals surface area contributed by atoms with Gasteiger partial charge in [-0.15, -0.1) is 0 Å². The zero-order valence-electron chi connectivity index (χ0n) is 11.6. The molecule has 2 rings (SSSR count). The van der Waals surface area contributed by atoms with Crippen LogP contribution >= 0.6 is 11.5 Å². The minimum absolute atomic E-state index is 0.137. The van der Waals surface area contributed by atoms with E-state index in [9.17, 15) is 23.1 Å². The topological polar surface area (TPSA) is 66.3 Å². The SMILES string of the molecule is CC(C)(C(=O)O)C1CCCN(c2nc(C(F)(F)F)ns2)C1. The summed E-state index contributed by atoms with van der Waals surface area (Å²) < 4.78 is 40.9. The van der Waals surface area contributed by atoms with Gasteiger partial charge in [0, 0.05) is 24.6 Å². The van der Waals surface area contributed by atoms with E-state index in [1.54, 1.807) is 18.7 Å². The van der Waals surface area contributed by atoms with E-state index in [0.29, 0.717) is 24.6 Å². The number of hydrogen-bond donors (Lipinski definition) is 1. The summed E-state index contributed by atoms with van der Waals surface area (Å²) in [4.78, 5) is 16.5. The van der Waals surface area contributed by atoms with Crippen LogP contribution in [0.15, 0.2) is 0 Å². The molecule has 1 N–H and O–H groups in total. The summed E-state index contributed by atoms with van der Waals surface area (Å²) in [5.74, 6) is -2.17. The number of aliphatic carboxylic acids is 1. The van der Waals surface area contributed by atoms with Crippen LogP contribution in [0.1, 0.15) is 32.5 Å². The summed E-state index contributed by atoms with van der Waals surface area (Å²) in [7, 11) is 0. The smallest absolute Gasteiger partial charge is 0.452 e. The van der Waals surface area contributed by atoms with Crippen LogP contribution in [0.2, 0.25) is 0 Å². The van der Waals surface area contributed by atoms with Gasteiger partial charge in [-0.25, -0.2) is 0 Å². The highest BCUT2D eigenvalue weighted by Gasteiger charge is 2.41. The second-order valence-corrected chi connectivity index (χ2v) is 6.44. The average Bonchev–Trinajstić information content (AvgIpc) is 2.88.